The zero-order valence-electron chi connectivity index (χ0n) is 81.0. The van der Waals surface area contributed by atoms with Crippen molar-refractivity contribution in [1.29, 1.82) is 0 Å². The lowest BCUT2D eigenvalue weighted by molar-refractivity contribution is -0.113. The van der Waals surface area contributed by atoms with Gasteiger partial charge in [0, 0.05) is 128 Å². The molecular formula is C93H128N6. The Morgan fingerprint density at radius 2 is 0.758 bits per heavy atom. The lowest BCUT2D eigenvalue weighted by Gasteiger charge is -2.62. The summed E-state index contributed by atoms with van der Waals surface area (Å²) >= 11 is 0. The summed E-state index contributed by atoms with van der Waals surface area (Å²) in [5, 5.41) is 0. The van der Waals surface area contributed by atoms with Gasteiger partial charge in [0.05, 0.1) is 0 Å². The van der Waals surface area contributed by atoms with Crippen LogP contribution in [-0.4, -0.2) is 51.8 Å². The molecule has 0 radical (unpaired) electrons. The van der Waals surface area contributed by atoms with Gasteiger partial charge in [0.15, 0.2) is 0 Å². The molecule has 10 aliphatic rings. The van der Waals surface area contributed by atoms with Crippen LogP contribution < -0.4 is 24.5 Å². The largest absolute Gasteiger partial charge is 0.363 e. The van der Waals surface area contributed by atoms with E-state index in [1.807, 2.05) is 126 Å². The maximum Gasteiger partial charge on any atom is 0.137 e. The van der Waals surface area contributed by atoms with Crippen LogP contribution in [0.5, 0.6) is 0 Å². The summed E-state index contributed by atoms with van der Waals surface area (Å²) in [7, 11) is 0. The van der Waals surface area contributed by atoms with E-state index < -0.39 is 85.4 Å². The molecule has 6 aromatic carbocycles. The average molecular weight is 1350 g/mol. The van der Waals surface area contributed by atoms with Gasteiger partial charge in [0.2, 0.25) is 0 Å². The Balaban J connectivity index is 0.000000135. The topological polar surface area (TPSA) is 29.1 Å². The van der Waals surface area contributed by atoms with E-state index in [1.165, 1.54) is 80.8 Å². The minimum atomic E-state index is -3.00. The highest BCUT2D eigenvalue weighted by Gasteiger charge is 2.66. The minimum absolute atomic E-state index is 0.140. The van der Waals surface area contributed by atoms with Crippen LogP contribution in [0, 0.1) is 74.5 Å². The van der Waals surface area contributed by atoms with Crippen LogP contribution in [-0.2, 0) is 10.8 Å². The molecule has 7 atom stereocenters. The van der Waals surface area contributed by atoms with Crippen molar-refractivity contribution < 1.29 is 24.7 Å². The molecule has 5 aliphatic heterocycles. The third-order valence-corrected chi connectivity index (χ3v) is 25.5. The number of benzene rings is 6. The van der Waals surface area contributed by atoms with Crippen molar-refractivity contribution >= 4 is 39.9 Å². The van der Waals surface area contributed by atoms with Gasteiger partial charge in [-0.25, -0.2) is 4.98 Å². The van der Waals surface area contributed by atoms with Gasteiger partial charge in [-0.15, -0.1) is 0 Å². The summed E-state index contributed by atoms with van der Waals surface area (Å²) in [6, 6.07) is 51.1. The van der Waals surface area contributed by atoms with Crippen LogP contribution in [0.2, 0.25) is 0 Å². The summed E-state index contributed by atoms with van der Waals surface area (Å²) in [6.07, 6.45) is 9.03. The fourth-order valence-corrected chi connectivity index (χ4v) is 20.6. The van der Waals surface area contributed by atoms with Crippen LogP contribution >= 0.6 is 0 Å². The van der Waals surface area contributed by atoms with Gasteiger partial charge in [-0.3, -0.25) is 0 Å². The maximum absolute atomic E-state index is 9.52. The molecule has 3 saturated heterocycles. The van der Waals surface area contributed by atoms with Gasteiger partial charge in [0.25, 0.3) is 0 Å². The second-order valence-electron chi connectivity index (χ2n) is 33.3. The number of nitrogens with zero attached hydrogens (tertiary/aromatic N) is 6. The standard InChI is InChI=1S/C23H33N.C19H29N.C18H21N.C17H20N2.C16H25N/c1-15-7-5-6-8-21(15)24-16(2)23(14-22(24,3)4)19-10-17-9-18(12-19)13-20(23)11-17;1-15-10-6-7-11-17(15)20-16(2)19(14-18(20,3)4)12-8-5-9-13-19;1-13-9-5-7-11-16(13)19-14(2)18(3,4)15-10-6-8-12-17(15)19;1-12-8-5-6-10-15(12)19-13(2)17(3,4)14-9-7-11-18-16(14)19;1-12-9-7-8-10-14(12)17-13(2)15(3,4)11-16(17,5)6/h5-8,16-20H,9-14H2,1-4H3;6-7,10-11,16H,5,8-9,12-14H2,1-4H3;5-12,14H,1-4H3;5-11,13H,1-4H3;7-10,13H,11H2,1-6H3/i2*14D2;2*3D3;3D3,4D3,11D2. The third-order valence-electron chi connectivity index (χ3n) is 25.5. The van der Waals surface area contributed by atoms with Crippen LogP contribution in [0.25, 0.3) is 0 Å². The quantitative estimate of drug-likeness (QED) is 0.171. The van der Waals surface area contributed by atoms with E-state index in [-0.39, 0.29) is 35.0 Å². The Morgan fingerprint density at radius 1 is 0.374 bits per heavy atom. The fourth-order valence-electron chi connectivity index (χ4n) is 20.6. The molecule has 6 heteroatoms. The Morgan fingerprint density at radius 3 is 1.22 bits per heavy atom. The van der Waals surface area contributed by atoms with Crippen LogP contribution in [0.4, 0.5) is 39.9 Å². The van der Waals surface area contributed by atoms with Crippen molar-refractivity contribution in [1.82, 2.24) is 4.98 Å². The number of aryl methyl sites for hydroxylation is 5. The van der Waals surface area contributed by atoms with Crippen molar-refractivity contribution in [3.05, 3.63) is 203 Å². The van der Waals surface area contributed by atoms with Crippen molar-refractivity contribution in [2.45, 2.75) is 293 Å². The number of aromatic nitrogens is 1. The normalized spacial score (nSPS) is 35.7. The van der Waals surface area contributed by atoms with E-state index in [4.69, 9.17) is 21.9 Å². The van der Waals surface area contributed by atoms with Crippen molar-refractivity contribution in [2.24, 2.45) is 39.9 Å². The number of para-hydroxylation sites is 6. The molecule has 7 aromatic rings. The highest BCUT2D eigenvalue weighted by molar-refractivity contribution is 5.76. The average Bonchev–Trinajstić information content (AvgIpc) is 1.50. The monoisotopic (exact) mass is 1350 g/mol. The fraction of sp³-hybridized carbons (Fsp3) is 0.559. The van der Waals surface area contributed by atoms with Gasteiger partial charge in [-0.1, -0.05) is 176 Å². The second kappa shape index (κ2) is 27.0. The zero-order chi connectivity index (χ0) is 86.5. The molecule has 2 spiro atoms. The van der Waals surface area contributed by atoms with Crippen molar-refractivity contribution in [3.8, 4) is 0 Å². The molecule has 0 amide bonds. The van der Waals surface area contributed by atoms with E-state index in [2.05, 4.69) is 148 Å². The summed E-state index contributed by atoms with van der Waals surface area (Å²) in [5.74, 6) is 3.64. The Bertz CT molecular complexity index is 4580. The zero-order valence-corrected chi connectivity index (χ0v) is 63.0. The molecule has 7 unspecified atom stereocenters. The molecule has 99 heavy (non-hydrogen) atoms. The van der Waals surface area contributed by atoms with E-state index in [0.29, 0.717) is 17.5 Å². The predicted molar refractivity (Wildman–Crippen MR) is 427 cm³/mol. The minimum Gasteiger partial charge on any atom is -0.363 e. The molecule has 17 rings (SSSR count). The first-order chi connectivity index (χ1) is 54.1. The summed E-state index contributed by atoms with van der Waals surface area (Å²) in [4.78, 5) is 15.2. The Hall–Kier alpha value is -6.53. The second-order valence-corrected chi connectivity index (χ2v) is 33.3. The molecule has 0 N–H and O–H groups in total. The first-order valence-electron chi connectivity index (χ1n) is 46.4. The highest BCUT2D eigenvalue weighted by atomic mass is 15.3. The predicted octanol–water partition coefficient (Wildman–Crippen LogP) is 24.6. The summed E-state index contributed by atoms with van der Waals surface area (Å²) in [6.45, 7) is 25.6. The van der Waals surface area contributed by atoms with Crippen LogP contribution in [0.1, 0.15) is 264 Å². The number of anilines is 7. The van der Waals surface area contributed by atoms with Crippen LogP contribution in [0.15, 0.2) is 164 Å². The molecule has 4 bridgehead atoms. The molecule has 6 nitrogen and oxygen atoms in total. The molecular weight excluding hydrogens is 1200 g/mol. The van der Waals surface area contributed by atoms with Crippen molar-refractivity contribution in [2.75, 3.05) is 24.5 Å². The maximum atomic E-state index is 9.52. The molecule has 530 valence electrons. The summed E-state index contributed by atoms with van der Waals surface area (Å²) in [5.41, 5.74) is 6.44. The van der Waals surface area contributed by atoms with Gasteiger partial charge in [-0.2, -0.15) is 0 Å². The third kappa shape index (κ3) is 12.9. The Kier molecular flexibility index (Phi) is 14.3. The van der Waals surface area contributed by atoms with Gasteiger partial charge in [-0.05, 0) is 291 Å². The number of pyridine rings is 1. The lowest BCUT2D eigenvalue weighted by atomic mass is 9.43. The smallest absolute Gasteiger partial charge is 0.137 e. The van der Waals surface area contributed by atoms with Gasteiger partial charge < -0.3 is 24.5 Å². The van der Waals surface area contributed by atoms with E-state index in [9.17, 15) is 2.74 Å². The molecule has 5 aliphatic carbocycles. The highest BCUT2D eigenvalue weighted by Crippen LogP contribution is 2.70. The first-order valence-corrected chi connectivity index (χ1v) is 37.4. The van der Waals surface area contributed by atoms with E-state index in [0.717, 1.165) is 75.4 Å². The van der Waals surface area contributed by atoms with Gasteiger partial charge in [0.1, 0.15) is 5.82 Å². The van der Waals surface area contributed by atoms with Gasteiger partial charge >= 0.3 is 0 Å². The first kappa shape index (κ1) is 52.4. The van der Waals surface area contributed by atoms with E-state index >= 15 is 0 Å². The molecule has 5 saturated carbocycles. The number of fused-ring (bicyclic) bond motifs is 2. The lowest BCUT2D eigenvalue weighted by Crippen LogP contribution is -2.57. The summed E-state index contributed by atoms with van der Waals surface area (Å²) < 4.78 is 151. The van der Waals surface area contributed by atoms with E-state index in [1.54, 1.807) is 37.1 Å². The Labute approximate surface area is 627 Å². The van der Waals surface area contributed by atoms with Crippen LogP contribution in [0.3, 0.4) is 0 Å². The van der Waals surface area contributed by atoms with Crippen molar-refractivity contribution in [3.63, 3.8) is 0 Å². The molecule has 8 fully saturated rings. The number of hydrogen-bond donors (Lipinski definition) is 0. The SMILES string of the molecule is [2H]C([2H])([2H])C1(C([2H])([2H])[2H])C(C)N(c2ccccc2C)C(C)(C)C1([2H])[2H].[2H]C([2H])([2H])C1(C)c2ccccc2N(c2ccccc2C)C1C.[2H]C([2H])([2H])C1(C)c2cccnc2N(c2ccccc2C)C1C.[2H]C1([2H])C2(C3CC4CC(C3)CC2C4)C(C)N(c2ccccc2C)C1(C)C.[2H]C1([2H])C2(CCCCC2)C(C)N(c2ccccc2C)C1(C)C. The molecule has 1 aromatic heterocycles. The molecule has 6 heterocycles. The number of rotatable bonds is 5. The number of hydrogen-bond acceptors (Lipinski definition) is 6.